The van der Waals surface area contributed by atoms with Crippen LogP contribution in [0.1, 0.15) is 42.6 Å². The highest BCUT2D eigenvalue weighted by Gasteiger charge is 2.46. The van der Waals surface area contributed by atoms with E-state index in [0.717, 1.165) is 22.7 Å². The van der Waals surface area contributed by atoms with Gasteiger partial charge in [-0.2, -0.15) is 5.10 Å². The summed E-state index contributed by atoms with van der Waals surface area (Å²) in [6, 6.07) is 11.5. The molecule has 4 aliphatic carbocycles. The van der Waals surface area contributed by atoms with Crippen molar-refractivity contribution >= 4 is 22.5 Å². The summed E-state index contributed by atoms with van der Waals surface area (Å²) in [5, 5.41) is 5.60. The van der Waals surface area contributed by atoms with E-state index in [-0.39, 0.29) is 5.91 Å². The lowest BCUT2D eigenvalue weighted by Gasteiger charge is -2.50. The van der Waals surface area contributed by atoms with Gasteiger partial charge in [0, 0.05) is 11.1 Å². The summed E-state index contributed by atoms with van der Waals surface area (Å²) in [6.07, 6.45) is 6.52. The molecule has 24 heavy (non-hydrogen) atoms. The van der Waals surface area contributed by atoms with Gasteiger partial charge >= 0.3 is 0 Å². The van der Waals surface area contributed by atoms with Gasteiger partial charge in [-0.1, -0.05) is 24.3 Å². The predicted octanol–water partition coefficient (Wildman–Crippen LogP) is 3.78. The Labute approximate surface area is 141 Å². The third kappa shape index (κ3) is 2.32. The number of carbonyl (C=O) groups is 1. The molecule has 4 nitrogen and oxygen atoms in total. The molecule has 4 saturated carbocycles. The second kappa shape index (κ2) is 5.40. The SMILES string of the molecule is O=C(NN=C1C2CC3CC(C2)CC1C3)c1ccc2ccccc2n1. The molecule has 1 amide bonds. The monoisotopic (exact) mass is 319 g/mol. The van der Waals surface area contributed by atoms with Crippen LogP contribution in [-0.2, 0) is 0 Å². The lowest BCUT2D eigenvalue weighted by Crippen LogP contribution is -2.46. The lowest BCUT2D eigenvalue weighted by molar-refractivity contribution is 0.0938. The summed E-state index contributed by atoms with van der Waals surface area (Å²) >= 11 is 0. The number of carbonyl (C=O) groups excluding carboxylic acids is 1. The minimum atomic E-state index is -0.206. The van der Waals surface area contributed by atoms with Gasteiger partial charge in [-0.05, 0) is 67.9 Å². The average Bonchev–Trinajstić information content (AvgIpc) is 2.60. The molecule has 2 aromatic rings. The van der Waals surface area contributed by atoms with Crippen LogP contribution in [0.4, 0.5) is 0 Å². The van der Waals surface area contributed by atoms with Crippen molar-refractivity contribution in [2.24, 2.45) is 28.8 Å². The zero-order valence-electron chi connectivity index (χ0n) is 13.6. The van der Waals surface area contributed by atoms with Crippen molar-refractivity contribution in [3.63, 3.8) is 0 Å². The molecule has 4 heteroatoms. The fourth-order valence-corrected chi connectivity index (χ4v) is 5.21. The Bertz CT molecular complexity index is 812. The number of hydrazone groups is 1. The van der Waals surface area contributed by atoms with E-state index in [1.165, 1.54) is 37.8 Å². The van der Waals surface area contributed by atoms with Crippen LogP contribution in [0, 0.1) is 23.7 Å². The van der Waals surface area contributed by atoms with Crippen molar-refractivity contribution in [1.82, 2.24) is 10.4 Å². The van der Waals surface area contributed by atoms with Crippen LogP contribution in [0.25, 0.3) is 10.9 Å². The van der Waals surface area contributed by atoms with Crippen LogP contribution in [0.3, 0.4) is 0 Å². The normalized spacial score (nSPS) is 30.6. The fourth-order valence-electron chi connectivity index (χ4n) is 5.21. The molecule has 4 fully saturated rings. The van der Waals surface area contributed by atoms with Gasteiger partial charge in [-0.25, -0.2) is 10.4 Å². The molecule has 1 heterocycles. The number of nitrogens with one attached hydrogen (secondary N) is 1. The molecule has 0 spiro atoms. The van der Waals surface area contributed by atoms with E-state index >= 15 is 0 Å². The highest BCUT2D eigenvalue weighted by molar-refractivity contribution is 5.97. The van der Waals surface area contributed by atoms with E-state index in [4.69, 9.17) is 0 Å². The summed E-state index contributed by atoms with van der Waals surface area (Å²) in [6.45, 7) is 0. The summed E-state index contributed by atoms with van der Waals surface area (Å²) in [7, 11) is 0. The molecule has 0 saturated heterocycles. The lowest BCUT2D eigenvalue weighted by atomic mass is 9.55. The Balaban J connectivity index is 1.36. The second-order valence-corrected chi connectivity index (χ2v) is 7.67. The van der Waals surface area contributed by atoms with Gasteiger partial charge in [0.1, 0.15) is 5.69 Å². The van der Waals surface area contributed by atoms with Crippen LogP contribution in [0.2, 0.25) is 0 Å². The molecule has 4 aliphatic rings. The largest absolute Gasteiger partial charge is 0.289 e. The van der Waals surface area contributed by atoms with E-state index in [2.05, 4.69) is 15.5 Å². The molecule has 0 atom stereocenters. The fraction of sp³-hybridized carbons (Fsp3) is 0.450. The average molecular weight is 319 g/mol. The third-order valence-corrected chi connectivity index (χ3v) is 6.09. The molecular weight excluding hydrogens is 298 g/mol. The Morgan fingerprint density at radius 1 is 0.958 bits per heavy atom. The van der Waals surface area contributed by atoms with E-state index in [1.54, 1.807) is 6.07 Å². The number of nitrogens with zero attached hydrogens (tertiary/aromatic N) is 2. The first-order valence-electron chi connectivity index (χ1n) is 9.00. The first-order chi connectivity index (χ1) is 11.8. The van der Waals surface area contributed by atoms with Crippen molar-refractivity contribution < 1.29 is 4.79 Å². The van der Waals surface area contributed by atoms with Crippen LogP contribution >= 0.6 is 0 Å². The van der Waals surface area contributed by atoms with Crippen LogP contribution in [0.15, 0.2) is 41.5 Å². The van der Waals surface area contributed by atoms with Crippen LogP contribution < -0.4 is 5.43 Å². The van der Waals surface area contributed by atoms with E-state index in [1.807, 2.05) is 30.3 Å². The third-order valence-electron chi connectivity index (χ3n) is 6.09. The maximum absolute atomic E-state index is 12.4. The summed E-state index contributed by atoms with van der Waals surface area (Å²) in [5.74, 6) is 2.81. The van der Waals surface area contributed by atoms with Crippen molar-refractivity contribution in [2.45, 2.75) is 32.1 Å². The number of para-hydroxylation sites is 1. The topological polar surface area (TPSA) is 54.4 Å². The smallest absolute Gasteiger partial charge is 0.266 e. The van der Waals surface area contributed by atoms with Crippen molar-refractivity contribution in [2.75, 3.05) is 0 Å². The highest BCUT2D eigenvalue weighted by atomic mass is 16.2. The second-order valence-electron chi connectivity index (χ2n) is 7.67. The van der Waals surface area contributed by atoms with E-state index in [0.29, 0.717) is 17.5 Å². The summed E-state index contributed by atoms with van der Waals surface area (Å²) in [4.78, 5) is 16.9. The molecular formula is C20H21N3O. The quantitative estimate of drug-likeness (QED) is 0.857. The number of benzene rings is 1. The van der Waals surface area contributed by atoms with Gasteiger partial charge in [0.2, 0.25) is 0 Å². The van der Waals surface area contributed by atoms with Gasteiger partial charge in [0.15, 0.2) is 0 Å². The van der Waals surface area contributed by atoms with Crippen LogP contribution in [0.5, 0.6) is 0 Å². The Hall–Kier alpha value is -2.23. The first-order valence-corrected chi connectivity index (χ1v) is 9.00. The number of hydrogen-bond donors (Lipinski definition) is 1. The summed E-state index contributed by atoms with van der Waals surface area (Å²) < 4.78 is 0. The number of aromatic nitrogens is 1. The minimum Gasteiger partial charge on any atom is -0.266 e. The molecule has 1 aromatic carbocycles. The Kier molecular flexibility index (Phi) is 3.18. The predicted molar refractivity (Wildman–Crippen MR) is 93.7 cm³/mol. The van der Waals surface area contributed by atoms with Gasteiger partial charge in [-0.15, -0.1) is 0 Å². The van der Waals surface area contributed by atoms with E-state index < -0.39 is 0 Å². The van der Waals surface area contributed by atoms with Crippen molar-refractivity contribution in [1.29, 1.82) is 0 Å². The number of fused-ring (bicyclic) bond motifs is 1. The highest BCUT2D eigenvalue weighted by Crippen LogP contribution is 2.52. The standard InChI is InChI=1S/C20H21N3O/c24-20(18-6-5-14-3-1-2-4-17(14)21-18)23-22-19-15-8-12-7-13(10-15)11-16(19)9-12/h1-6,12-13,15-16H,7-11H2,(H,23,24). The zero-order chi connectivity index (χ0) is 16.1. The number of amides is 1. The molecule has 0 aliphatic heterocycles. The molecule has 0 radical (unpaired) electrons. The van der Waals surface area contributed by atoms with Gasteiger partial charge in [0.25, 0.3) is 5.91 Å². The number of rotatable bonds is 2. The van der Waals surface area contributed by atoms with Crippen molar-refractivity contribution in [3.8, 4) is 0 Å². The zero-order valence-corrected chi connectivity index (χ0v) is 13.6. The first kappa shape index (κ1) is 14.1. The van der Waals surface area contributed by atoms with Crippen LogP contribution in [-0.4, -0.2) is 16.6 Å². The summed E-state index contributed by atoms with van der Waals surface area (Å²) in [5.41, 5.74) is 5.30. The molecule has 1 N–H and O–H groups in total. The molecule has 122 valence electrons. The number of hydrogen-bond acceptors (Lipinski definition) is 3. The number of pyridine rings is 1. The van der Waals surface area contributed by atoms with Gasteiger partial charge in [0.05, 0.1) is 5.52 Å². The molecule has 1 aromatic heterocycles. The maximum atomic E-state index is 12.4. The minimum absolute atomic E-state index is 0.206. The Morgan fingerprint density at radius 2 is 1.67 bits per heavy atom. The molecule has 6 rings (SSSR count). The van der Waals surface area contributed by atoms with E-state index in [9.17, 15) is 4.79 Å². The Morgan fingerprint density at radius 3 is 2.42 bits per heavy atom. The van der Waals surface area contributed by atoms with Crippen molar-refractivity contribution in [3.05, 3.63) is 42.1 Å². The molecule has 4 bridgehead atoms. The maximum Gasteiger partial charge on any atom is 0.289 e. The van der Waals surface area contributed by atoms with Gasteiger partial charge < -0.3 is 0 Å². The molecule has 0 unspecified atom stereocenters. The van der Waals surface area contributed by atoms with Gasteiger partial charge in [-0.3, -0.25) is 4.79 Å².